The third-order valence-corrected chi connectivity index (χ3v) is 4.81. The van der Waals surface area contributed by atoms with Crippen molar-refractivity contribution in [2.75, 3.05) is 0 Å². The van der Waals surface area contributed by atoms with Crippen LogP contribution in [0.15, 0.2) is 22.3 Å². The average Bonchev–Trinajstić information content (AvgIpc) is 2.64. The van der Waals surface area contributed by atoms with E-state index in [0.29, 0.717) is 12.2 Å². The van der Waals surface area contributed by atoms with Gasteiger partial charge in [-0.2, -0.15) is 0 Å². The van der Waals surface area contributed by atoms with Crippen LogP contribution in [0.1, 0.15) is 37.2 Å². The van der Waals surface area contributed by atoms with Gasteiger partial charge >= 0.3 is 0 Å². The maximum absolute atomic E-state index is 11.9. The van der Waals surface area contributed by atoms with E-state index in [-0.39, 0.29) is 11.3 Å². The lowest BCUT2D eigenvalue weighted by Crippen LogP contribution is -2.41. The van der Waals surface area contributed by atoms with Crippen LogP contribution in [-0.4, -0.2) is 5.78 Å². The predicted molar refractivity (Wildman–Crippen MR) is 65.8 cm³/mol. The zero-order chi connectivity index (χ0) is 12.2. The Morgan fingerprint density at radius 3 is 3.00 bits per heavy atom. The van der Waals surface area contributed by atoms with Crippen molar-refractivity contribution >= 4 is 5.78 Å². The summed E-state index contributed by atoms with van der Waals surface area (Å²) in [7, 11) is 0. The minimum Gasteiger partial charge on any atom is -0.468 e. The van der Waals surface area contributed by atoms with E-state index in [0.717, 1.165) is 18.6 Å². The third kappa shape index (κ3) is 1.36. The molecule has 0 saturated carbocycles. The summed E-state index contributed by atoms with van der Waals surface area (Å²) in [5.74, 6) is 1.61. The Bertz CT molecular complexity index is 521. The second-order valence-corrected chi connectivity index (χ2v) is 5.71. The number of Topliss-reactive ketones (excluding diaryl/α,β-unsaturated/α-hetero) is 1. The van der Waals surface area contributed by atoms with Gasteiger partial charge in [-0.05, 0) is 24.5 Å². The van der Waals surface area contributed by atoms with Crippen LogP contribution in [0, 0.1) is 18.3 Å². The minimum absolute atomic E-state index is 0.0109. The summed E-state index contributed by atoms with van der Waals surface area (Å²) in [6, 6.07) is 0. The fraction of sp³-hybridized carbons (Fsp3) is 0.533. The monoisotopic (exact) mass is 230 g/mol. The number of aryl methyl sites for hydroxylation is 1. The van der Waals surface area contributed by atoms with Crippen LogP contribution in [0.25, 0.3) is 0 Å². The molecule has 90 valence electrons. The van der Waals surface area contributed by atoms with E-state index < -0.39 is 0 Å². The van der Waals surface area contributed by atoms with Crippen LogP contribution in [-0.2, 0) is 17.6 Å². The van der Waals surface area contributed by atoms with E-state index >= 15 is 0 Å². The Kier molecular flexibility index (Phi) is 2.13. The number of allylic oxidation sites excluding steroid dienone is 2. The third-order valence-electron chi connectivity index (χ3n) is 4.81. The largest absolute Gasteiger partial charge is 0.468 e. The highest BCUT2D eigenvalue weighted by Gasteiger charge is 2.45. The Labute approximate surface area is 102 Å². The SMILES string of the molecule is Cc1coc2c1CC1(C)C(=CCC(=O)C1C)C2. The summed E-state index contributed by atoms with van der Waals surface area (Å²) in [6.07, 6.45) is 6.41. The van der Waals surface area contributed by atoms with Crippen molar-refractivity contribution in [2.45, 2.75) is 40.0 Å². The predicted octanol–water partition coefficient (Wildman–Crippen LogP) is 3.23. The van der Waals surface area contributed by atoms with Crippen LogP contribution in [0.2, 0.25) is 0 Å². The fourth-order valence-corrected chi connectivity index (χ4v) is 3.26. The Morgan fingerprint density at radius 1 is 1.47 bits per heavy atom. The normalized spacial score (nSPS) is 31.8. The molecule has 2 atom stereocenters. The van der Waals surface area contributed by atoms with Gasteiger partial charge in [-0.3, -0.25) is 4.79 Å². The fourth-order valence-electron chi connectivity index (χ4n) is 3.26. The molecule has 1 aromatic rings. The van der Waals surface area contributed by atoms with Crippen molar-refractivity contribution in [2.24, 2.45) is 11.3 Å². The molecule has 1 aromatic heterocycles. The number of ketones is 1. The molecule has 3 rings (SSSR count). The van der Waals surface area contributed by atoms with Gasteiger partial charge in [0.25, 0.3) is 0 Å². The number of hydrogen-bond donors (Lipinski definition) is 0. The maximum Gasteiger partial charge on any atom is 0.140 e. The van der Waals surface area contributed by atoms with Gasteiger partial charge in [0.2, 0.25) is 0 Å². The average molecular weight is 230 g/mol. The van der Waals surface area contributed by atoms with Crippen molar-refractivity contribution < 1.29 is 9.21 Å². The number of furan rings is 1. The highest BCUT2D eigenvalue weighted by Crippen LogP contribution is 2.48. The van der Waals surface area contributed by atoms with Crippen molar-refractivity contribution in [1.29, 1.82) is 0 Å². The molecule has 0 fully saturated rings. The molecule has 0 radical (unpaired) electrons. The quantitative estimate of drug-likeness (QED) is 0.640. The molecule has 1 heterocycles. The minimum atomic E-state index is 0.0109. The first-order chi connectivity index (χ1) is 8.02. The van der Waals surface area contributed by atoms with E-state index in [1.807, 2.05) is 6.26 Å². The highest BCUT2D eigenvalue weighted by atomic mass is 16.3. The Hall–Kier alpha value is -1.31. The highest BCUT2D eigenvalue weighted by molar-refractivity contribution is 5.85. The summed E-state index contributed by atoms with van der Waals surface area (Å²) in [5, 5.41) is 0. The molecular formula is C15H18O2. The van der Waals surface area contributed by atoms with Crippen LogP contribution in [0.5, 0.6) is 0 Å². The number of hydrogen-bond acceptors (Lipinski definition) is 2. The molecule has 2 aliphatic rings. The molecular weight excluding hydrogens is 212 g/mol. The molecule has 2 unspecified atom stereocenters. The van der Waals surface area contributed by atoms with Gasteiger partial charge in [-0.15, -0.1) is 0 Å². The van der Waals surface area contributed by atoms with Crippen LogP contribution in [0.3, 0.4) is 0 Å². The Morgan fingerprint density at radius 2 is 2.24 bits per heavy atom. The lowest BCUT2D eigenvalue weighted by Gasteiger charge is -2.43. The molecule has 0 bridgehead atoms. The van der Waals surface area contributed by atoms with Gasteiger partial charge in [0.05, 0.1) is 6.26 Å². The number of carbonyl (C=O) groups is 1. The smallest absolute Gasteiger partial charge is 0.140 e. The number of carbonyl (C=O) groups excluding carboxylic acids is 1. The zero-order valence-electron chi connectivity index (χ0n) is 10.7. The van der Waals surface area contributed by atoms with Crippen LogP contribution < -0.4 is 0 Å². The van der Waals surface area contributed by atoms with E-state index in [2.05, 4.69) is 26.8 Å². The van der Waals surface area contributed by atoms with Crippen molar-refractivity contribution in [3.63, 3.8) is 0 Å². The van der Waals surface area contributed by atoms with Crippen LogP contribution in [0.4, 0.5) is 0 Å². The van der Waals surface area contributed by atoms with Crippen molar-refractivity contribution in [3.8, 4) is 0 Å². The molecule has 0 spiro atoms. The number of fused-ring (bicyclic) bond motifs is 2. The summed E-state index contributed by atoms with van der Waals surface area (Å²) < 4.78 is 5.62. The lowest BCUT2D eigenvalue weighted by atomic mass is 9.60. The molecule has 0 aromatic carbocycles. The number of rotatable bonds is 0. The first-order valence-corrected chi connectivity index (χ1v) is 6.30. The van der Waals surface area contributed by atoms with Gasteiger partial charge in [0.15, 0.2) is 0 Å². The maximum atomic E-state index is 11.9. The zero-order valence-corrected chi connectivity index (χ0v) is 10.7. The van der Waals surface area contributed by atoms with Crippen molar-refractivity contribution in [1.82, 2.24) is 0 Å². The lowest BCUT2D eigenvalue weighted by molar-refractivity contribution is -0.125. The first kappa shape index (κ1) is 10.8. The molecule has 0 saturated heterocycles. The van der Waals surface area contributed by atoms with Crippen LogP contribution >= 0.6 is 0 Å². The summed E-state index contributed by atoms with van der Waals surface area (Å²) in [4.78, 5) is 11.9. The molecule has 2 aliphatic carbocycles. The topological polar surface area (TPSA) is 30.2 Å². The molecule has 0 aliphatic heterocycles. The standard InChI is InChI=1S/C15H18O2/c1-9-8-17-14-6-11-4-5-13(16)10(2)15(11,3)7-12(9)14/h4,8,10H,5-7H2,1-3H3. The second kappa shape index (κ2) is 3.34. The van der Waals surface area contributed by atoms with Gasteiger partial charge in [-0.1, -0.05) is 25.5 Å². The van der Waals surface area contributed by atoms with E-state index in [1.165, 1.54) is 16.7 Å². The van der Waals surface area contributed by atoms with Gasteiger partial charge in [0.1, 0.15) is 11.5 Å². The molecule has 2 nitrogen and oxygen atoms in total. The molecule has 0 N–H and O–H groups in total. The van der Waals surface area contributed by atoms with E-state index in [9.17, 15) is 4.79 Å². The summed E-state index contributed by atoms with van der Waals surface area (Å²) >= 11 is 0. The molecule has 17 heavy (non-hydrogen) atoms. The Balaban J connectivity index is 2.11. The second-order valence-electron chi connectivity index (χ2n) is 5.71. The summed E-state index contributed by atoms with van der Waals surface area (Å²) in [5.41, 5.74) is 3.96. The van der Waals surface area contributed by atoms with Gasteiger partial charge in [-0.25, -0.2) is 0 Å². The molecule has 0 amide bonds. The van der Waals surface area contributed by atoms with Gasteiger partial charge in [0, 0.05) is 24.2 Å². The summed E-state index contributed by atoms with van der Waals surface area (Å²) in [6.45, 7) is 6.40. The molecule has 2 heteroatoms. The van der Waals surface area contributed by atoms with Gasteiger partial charge < -0.3 is 4.42 Å². The van der Waals surface area contributed by atoms with Crippen molar-refractivity contribution in [3.05, 3.63) is 34.8 Å². The van der Waals surface area contributed by atoms with E-state index in [1.54, 1.807) is 0 Å². The van der Waals surface area contributed by atoms with E-state index in [4.69, 9.17) is 4.42 Å². The first-order valence-electron chi connectivity index (χ1n) is 6.30.